The molecule has 184 valence electrons. The number of nitrogens with zero attached hydrogens (tertiary/aromatic N) is 4. The van der Waals surface area contributed by atoms with Crippen molar-refractivity contribution in [3.63, 3.8) is 0 Å². The van der Waals surface area contributed by atoms with E-state index in [9.17, 15) is 4.79 Å². The summed E-state index contributed by atoms with van der Waals surface area (Å²) in [5.74, 6) is 1.15. The number of piperazine rings is 1. The molecule has 0 saturated carbocycles. The number of amides is 1. The lowest BCUT2D eigenvalue weighted by Gasteiger charge is -2.40. The minimum absolute atomic E-state index is 0.0453. The zero-order valence-corrected chi connectivity index (χ0v) is 20.9. The van der Waals surface area contributed by atoms with Crippen molar-refractivity contribution in [3.8, 4) is 0 Å². The van der Waals surface area contributed by atoms with Crippen molar-refractivity contribution < 1.29 is 9.21 Å². The lowest BCUT2D eigenvalue weighted by Crippen LogP contribution is -2.48. The third kappa shape index (κ3) is 4.54. The van der Waals surface area contributed by atoms with Gasteiger partial charge in [0.05, 0.1) is 12.3 Å². The van der Waals surface area contributed by atoms with E-state index < -0.39 is 0 Å². The number of anilines is 2. The average Bonchev–Trinajstić information content (AvgIpc) is 3.60. The van der Waals surface area contributed by atoms with Crippen LogP contribution >= 0.6 is 11.3 Å². The van der Waals surface area contributed by atoms with Gasteiger partial charge in [-0.15, -0.1) is 11.3 Å². The van der Waals surface area contributed by atoms with E-state index in [0.29, 0.717) is 5.76 Å². The average molecular weight is 500 g/mol. The highest BCUT2D eigenvalue weighted by atomic mass is 32.1. The van der Waals surface area contributed by atoms with Gasteiger partial charge < -0.3 is 14.6 Å². The Balaban J connectivity index is 1.36. The molecule has 0 spiro atoms. The molecule has 1 aliphatic heterocycles. The lowest BCUT2D eigenvalue weighted by molar-refractivity contribution is 0.0996. The second-order valence-corrected chi connectivity index (χ2v) is 10.4. The number of thiophene rings is 1. The van der Waals surface area contributed by atoms with Gasteiger partial charge >= 0.3 is 0 Å². The van der Waals surface area contributed by atoms with E-state index in [4.69, 9.17) is 4.42 Å². The quantitative estimate of drug-likeness (QED) is 0.394. The van der Waals surface area contributed by atoms with Gasteiger partial charge in [-0.25, -0.2) is 4.98 Å². The van der Waals surface area contributed by atoms with Gasteiger partial charge in [-0.1, -0.05) is 6.07 Å². The molecule has 2 aliphatic rings. The number of furan rings is 1. The molecule has 0 unspecified atom stereocenters. The summed E-state index contributed by atoms with van der Waals surface area (Å²) < 4.78 is 5.39. The summed E-state index contributed by atoms with van der Waals surface area (Å²) >= 11 is 1.74. The number of hydrogen-bond acceptors (Lipinski definition) is 7. The first kappa shape index (κ1) is 22.9. The van der Waals surface area contributed by atoms with E-state index in [1.54, 1.807) is 23.5 Å². The summed E-state index contributed by atoms with van der Waals surface area (Å²) in [4.78, 5) is 28.2. The van der Waals surface area contributed by atoms with Gasteiger partial charge in [0, 0.05) is 55.2 Å². The second-order valence-electron chi connectivity index (χ2n) is 9.28. The van der Waals surface area contributed by atoms with E-state index in [-0.39, 0.29) is 11.9 Å². The molecule has 4 aromatic rings. The number of fused-ring (bicyclic) bond motifs is 1. The summed E-state index contributed by atoms with van der Waals surface area (Å²) in [6, 6.07) is 13.8. The molecule has 36 heavy (non-hydrogen) atoms. The van der Waals surface area contributed by atoms with Gasteiger partial charge in [0.2, 0.25) is 0 Å². The maximum Gasteiger partial charge on any atom is 0.291 e. The van der Waals surface area contributed by atoms with Crippen LogP contribution in [0.2, 0.25) is 0 Å². The highest BCUT2D eigenvalue weighted by Crippen LogP contribution is 2.45. The lowest BCUT2D eigenvalue weighted by atomic mass is 9.88. The number of carbonyl (C=O) groups is 1. The smallest absolute Gasteiger partial charge is 0.291 e. The minimum atomic E-state index is -0.201. The Morgan fingerprint density at radius 1 is 0.972 bits per heavy atom. The van der Waals surface area contributed by atoms with Crippen LogP contribution in [0.25, 0.3) is 0 Å². The number of rotatable bonds is 6. The maximum absolute atomic E-state index is 13.0. The Morgan fingerprint density at radius 3 is 2.56 bits per heavy atom. The summed E-state index contributed by atoms with van der Waals surface area (Å²) in [5.41, 5.74) is 3.86. The van der Waals surface area contributed by atoms with Gasteiger partial charge in [0.15, 0.2) is 5.76 Å². The zero-order chi connectivity index (χ0) is 24.3. The van der Waals surface area contributed by atoms with Crippen LogP contribution in [-0.4, -0.2) is 47.0 Å². The SMILES string of the molecule is O=C(Nc1sc2c(c1[C@@H](c1ccncc1)N1CCN(c3ccccn3)CC1)CCCC2)c1ccco1. The number of aromatic nitrogens is 2. The topological polar surface area (TPSA) is 74.5 Å². The first-order chi connectivity index (χ1) is 17.8. The summed E-state index contributed by atoms with van der Waals surface area (Å²) in [5, 5.41) is 4.16. The molecule has 4 aromatic heterocycles. The molecule has 8 heteroatoms. The zero-order valence-electron chi connectivity index (χ0n) is 20.1. The summed E-state index contributed by atoms with van der Waals surface area (Å²) in [6.07, 6.45) is 11.6. The molecule has 1 saturated heterocycles. The molecule has 5 heterocycles. The van der Waals surface area contributed by atoms with Crippen LogP contribution < -0.4 is 10.2 Å². The Hall–Kier alpha value is -3.49. The molecule has 1 atom stereocenters. The Bertz CT molecular complexity index is 1300. The monoisotopic (exact) mass is 499 g/mol. The van der Waals surface area contributed by atoms with Crippen LogP contribution in [0.15, 0.2) is 71.7 Å². The van der Waals surface area contributed by atoms with Crippen molar-refractivity contribution in [3.05, 3.63) is 94.6 Å². The largest absolute Gasteiger partial charge is 0.459 e. The Labute approximate surface area is 214 Å². The van der Waals surface area contributed by atoms with Crippen LogP contribution in [0.4, 0.5) is 10.8 Å². The summed E-state index contributed by atoms with van der Waals surface area (Å²) in [6.45, 7) is 3.61. The number of aryl methyl sites for hydroxylation is 1. The summed E-state index contributed by atoms with van der Waals surface area (Å²) in [7, 11) is 0. The molecular weight excluding hydrogens is 470 g/mol. The number of carbonyl (C=O) groups excluding carboxylic acids is 1. The van der Waals surface area contributed by atoms with E-state index in [1.165, 1.54) is 40.7 Å². The Kier molecular flexibility index (Phi) is 6.53. The minimum Gasteiger partial charge on any atom is -0.459 e. The molecule has 1 aliphatic carbocycles. The third-order valence-corrected chi connectivity index (χ3v) is 8.36. The third-order valence-electron chi connectivity index (χ3n) is 7.13. The standard InChI is InChI=1S/C28H29N5O2S/c34-27(22-7-5-19-35-22)31-28-25(21-6-1-2-8-23(21)36-28)26(20-10-13-29-14-11-20)33-17-15-32(16-18-33)24-9-3-4-12-30-24/h3-5,7,9-14,19,26H,1-2,6,8,15-18H2,(H,31,34)/t26-/m1/s1. The highest BCUT2D eigenvalue weighted by molar-refractivity contribution is 7.16. The number of nitrogens with one attached hydrogen (secondary N) is 1. The predicted octanol–water partition coefficient (Wildman–Crippen LogP) is 5.17. The molecule has 6 rings (SSSR count). The number of hydrogen-bond donors (Lipinski definition) is 1. The van der Waals surface area contributed by atoms with Crippen molar-refractivity contribution in [2.45, 2.75) is 31.7 Å². The predicted molar refractivity (Wildman–Crippen MR) is 142 cm³/mol. The van der Waals surface area contributed by atoms with Crippen molar-refractivity contribution in [1.29, 1.82) is 0 Å². The fourth-order valence-corrected chi connectivity index (χ4v) is 6.72. The molecule has 7 nitrogen and oxygen atoms in total. The van der Waals surface area contributed by atoms with E-state index >= 15 is 0 Å². The highest BCUT2D eigenvalue weighted by Gasteiger charge is 2.34. The van der Waals surface area contributed by atoms with Crippen LogP contribution in [0.1, 0.15) is 51.0 Å². The number of pyridine rings is 2. The fourth-order valence-electron chi connectivity index (χ4n) is 5.40. The van der Waals surface area contributed by atoms with Crippen LogP contribution in [0, 0.1) is 0 Å². The van der Waals surface area contributed by atoms with Crippen molar-refractivity contribution in [2.24, 2.45) is 0 Å². The molecule has 1 amide bonds. The second kappa shape index (κ2) is 10.2. The molecule has 0 bridgehead atoms. The van der Waals surface area contributed by atoms with Gasteiger partial charge in [-0.2, -0.15) is 0 Å². The van der Waals surface area contributed by atoms with Gasteiger partial charge in [-0.05, 0) is 73.2 Å². The molecule has 1 fully saturated rings. The van der Waals surface area contributed by atoms with Crippen LogP contribution in [0.5, 0.6) is 0 Å². The molecular formula is C28H29N5O2S. The molecule has 1 N–H and O–H groups in total. The van der Waals surface area contributed by atoms with E-state index in [0.717, 1.165) is 49.8 Å². The molecule has 0 radical (unpaired) electrons. The normalized spacial score (nSPS) is 16.9. The van der Waals surface area contributed by atoms with Crippen LogP contribution in [0.3, 0.4) is 0 Å². The van der Waals surface area contributed by atoms with E-state index in [2.05, 4.69) is 43.3 Å². The van der Waals surface area contributed by atoms with Crippen molar-refractivity contribution in [2.75, 3.05) is 36.4 Å². The van der Waals surface area contributed by atoms with Gasteiger partial charge in [-0.3, -0.25) is 14.7 Å². The fraction of sp³-hybridized carbons (Fsp3) is 0.321. The Morgan fingerprint density at radius 2 is 1.81 bits per heavy atom. The maximum atomic E-state index is 13.0. The van der Waals surface area contributed by atoms with Crippen molar-refractivity contribution >= 4 is 28.1 Å². The van der Waals surface area contributed by atoms with Gasteiger partial charge in [0.1, 0.15) is 10.8 Å². The van der Waals surface area contributed by atoms with Crippen LogP contribution in [-0.2, 0) is 12.8 Å². The van der Waals surface area contributed by atoms with Crippen molar-refractivity contribution in [1.82, 2.24) is 14.9 Å². The van der Waals surface area contributed by atoms with E-state index in [1.807, 2.05) is 30.7 Å². The van der Waals surface area contributed by atoms with Gasteiger partial charge in [0.25, 0.3) is 5.91 Å². The molecule has 0 aromatic carbocycles. The first-order valence-corrected chi connectivity index (χ1v) is 13.4. The first-order valence-electron chi connectivity index (χ1n) is 12.6.